The summed E-state index contributed by atoms with van der Waals surface area (Å²) in [5, 5.41) is 6.20. The second-order valence-corrected chi connectivity index (χ2v) is 9.69. The largest absolute Gasteiger partial charge is 0.494 e. The van der Waals surface area contributed by atoms with Crippen LogP contribution in [0.25, 0.3) is 0 Å². The first-order valence-electron chi connectivity index (χ1n) is 11.2. The molecule has 9 nitrogen and oxygen atoms in total. The third-order valence-corrected chi connectivity index (χ3v) is 5.62. The van der Waals surface area contributed by atoms with Crippen molar-refractivity contribution in [2.24, 2.45) is 0 Å². The van der Waals surface area contributed by atoms with Gasteiger partial charge in [-0.15, -0.1) is 0 Å². The van der Waals surface area contributed by atoms with Gasteiger partial charge in [0.2, 0.25) is 5.78 Å². The Labute approximate surface area is 212 Å². The maximum atomic E-state index is 14.0. The van der Waals surface area contributed by atoms with Gasteiger partial charge < -0.3 is 30.6 Å². The van der Waals surface area contributed by atoms with E-state index >= 15 is 0 Å². The van der Waals surface area contributed by atoms with E-state index in [0.717, 1.165) is 23.1 Å². The topological polar surface area (TPSA) is 125 Å². The van der Waals surface area contributed by atoms with Crippen LogP contribution in [0.5, 0.6) is 11.5 Å². The van der Waals surface area contributed by atoms with Crippen LogP contribution in [-0.4, -0.2) is 42.7 Å². The van der Waals surface area contributed by atoms with Gasteiger partial charge >= 0.3 is 6.09 Å². The van der Waals surface area contributed by atoms with E-state index < -0.39 is 23.3 Å². The molecule has 0 unspecified atom stereocenters. The fraction of sp³-hybridized carbons (Fsp3) is 0.320. The van der Waals surface area contributed by atoms with Gasteiger partial charge in [-0.05, 0) is 69.7 Å². The zero-order chi connectivity index (χ0) is 26.3. The van der Waals surface area contributed by atoms with Crippen molar-refractivity contribution >= 4 is 39.9 Å². The number of benzene rings is 2. The molecule has 1 aromatic heterocycles. The number of carbonyl (C=O) groups is 2. The van der Waals surface area contributed by atoms with Crippen LogP contribution in [-0.2, 0) is 4.74 Å². The van der Waals surface area contributed by atoms with Crippen molar-refractivity contribution in [1.82, 2.24) is 10.3 Å². The minimum atomic E-state index is -0.633. The van der Waals surface area contributed by atoms with Crippen molar-refractivity contribution in [3.05, 3.63) is 58.7 Å². The van der Waals surface area contributed by atoms with Crippen LogP contribution in [0.1, 0.15) is 42.4 Å². The summed E-state index contributed by atoms with van der Waals surface area (Å²) in [6.07, 6.45) is 0.161. The molecule has 0 radical (unpaired) electrons. The number of hydrogen-bond acceptors (Lipinski definition) is 9. The predicted octanol–water partition coefficient (Wildman–Crippen LogP) is 5.14. The number of nitrogens with one attached hydrogen (secondary N) is 2. The SMILES string of the molecule is COc1ccc(C(=O)c2sc(Nc3ccc(OCCCNC(=O)OC(C)(C)C)cc3)nc2N)cc1F. The van der Waals surface area contributed by atoms with Crippen LogP contribution in [0.2, 0.25) is 0 Å². The summed E-state index contributed by atoms with van der Waals surface area (Å²) in [4.78, 5) is 28.8. The predicted molar refractivity (Wildman–Crippen MR) is 137 cm³/mol. The zero-order valence-electron chi connectivity index (χ0n) is 20.5. The Morgan fingerprint density at radius 2 is 1.86 bits per heavy atom. The van der Waals surface area contributed by atoms with Gasteiger partial charge in [0.05, 0.1) is 13.7 Å². The number of ketones is 1. The van der Waals surface area contributed by atoms with E-state index in [1.54, 1.807) is 45.0 Å². The molecule has 0 bridgehead atoms. The van der Waals surface area contributed by atoms with E-state index in [1.807, 2.05) is 0 Å². The summed E-state index contributed by atoms with van der Waals surface area (Å²) in [5.41, 5.74) is 6.28. The molecule has 0 fully saturated rings. The minimum Gasteiger partial charge on any atom is -0.494 e. The van der Waals surface area contributed by atoms with E-state index in [4.69, 9.17) is 19.9 Å². The normalized spacial score (nSPS) is 11.0. The van der Waals surface area contributed by atoms with Gasteiger partial charge in [-0.25, -0.2) is 14.2 Å². The highest BCUT2D eigenvalue weighted by molar-refractivity contribution is 7.18. The molecule has 2 aromatic carbocycles. The van der Waals surface area contributed by atoms with Crippen LogP contribution in [0, 0.1) is 5.82 Å². The van der Waals surface area contributed by atoms with Crippen molar-refractivity contribution in [3.8, 4) is 11.5 Å². The number of ether oxygens (including phenoxy) is 3. The Morgan fingerprint density at radius 3 is 2.50 bits per heavy atom. The number of aromatic nitrogens is 1. The highest BCUT2D eigenvalue weighted by atomic mass is 32.1. The number of rotatable bonds is 10. The summed E-state index contributed by atoms with van der Waals surface area (Å²) >= 11 is 1.08. The standard InChI is InChI=1S/C25H29FN4O5S/c1-25(2,3)35-24(32)28-12-5-13-34-17-9-7-16(8-10-17)29-23-30-22(27)21(36-23)20(31)15-6-11-19(33-4)18(26)14-15/h6-11,14H,5,12-13,27H2,1-4H3,(H,28,32)(H,29,30). The van der Waals surface area contributed by atoms with Crippen molar-refractivity contribution in [1.29, 1.82) is 0 Å². The van der Waals surface area contributed by atoms with E-state index in [1.165, 1.54) is 19.2 Å². The summed E-state index contributed by atoms with van der Waals surface area (Å²) in [6, 6.07) is 11.1. The molecule has 0 aliphatic heterocycles. The second kappa shape index (κ2) is 11.7. The number of nitrogens with two attached hydrogens (primary N) is 1. The van der Waals surface area contributed by atoms with Crippen molar-refractivity contribution < 1.29 is 28.2 Å². The summed E-state index contributed by atoms with van der Waals surface area (Å²) < 4.78 is 29.7. The molecule has 0 saturated heterocycles. The van der Waals surface area contributed by atoms with Gasteiger partial charge in [-0.1, -0.05) is 11.3 Å². The third kappa shape index (κ3) is 7.57. The Morgan fingerprint density at radius 1 is 1.14 bits per heavy atom. The number of thiazole rings is 1. The molecule has 3 aromatic rings. The van der Waals surface area contributed by atoms with E-state index in [-0.39, 0.29) is 22.0 Å². The lowest BCUT2D eigenvalue weighted by Gasteiger charge is -2.19. The number of anilines is 3. The lowest BCUT2D eigenvalue weighted by atomic mass is 10.1. The lowest BCUT2D eigenvalue weighted by Crippen LogP contribution is -2.33. The van der Waals surface area contributed by atoms with Gasteiger partial charge in [0.25, 0.3) is 0 Å². The fourth-order valence-electron chi connectivity index (χ4n) is 3.01. The van der Waals surface area contributed by atoms with Crippen LogP contribution in [0.15, 0.2) is 42.5 Å². The molecular weight excluding hydrogens is 487 g/mol. The van der Waals surface area contributed by atoms with Gasteiger partial charge in [-0.2, -0.15) is 0 Å². The van der Waals surface area contributed by atoms with E-state index in [0.29, 0.717) is 30.5 Å². The summed E-state index contributed by atoms with van der Waals surface area (Å²) in [6.45, 7) is 6.27. The number of halogens is 1. The molecule has 0 aliphatic rings. The number of amides is 1. The molecule has 1 amide bonds. The van der Waals surface area contributed by atoms with Gasteiger partial charge in [0, 0.05) is 17.8 Å². The number of hydrogen-bond donors (Lipinski definition) is 3. The highest BCUT2D eigenvalue weighted by Crippen LogP contribution is 2.31. The minimum absolute atomic E-state index is 0.0519. The van der Waals surface area contributed by atoms with Crippen molar-refractivity contribution in [2.45, 2.75) is 32.8 Å². The maximum Gasteiger partial charge on any atom is 0.407 e. The molecule has 36 heavy (non-hydrogen) atoms. The Kier molecular flexibility index (Phi) is 8.70. The first-order valence-corrected chi connectivity index (χ1v) is 12.0. The molecule has 11 heteroatoms. The van der Waals surface area contributed by atoms with E-state index in [9.17, 15) is 14.0 Å². The van der Waals surface area contributed by atoms with Gasteiger partial charge in [0.1, 0.15) is 22.0 Å². The highest BCUT2D eigenvalue weighted by Gasteiger charge is 2.20. The zero-order valence-corrected chi connectivity index (χ0v) is 21.3. The average molecular weight is 517 g/mol. The van der Waals surface area contributed by atoms with Crippen LogP contribution < -0.4 is 25.8 Å². The first kappa shape index (κ1) is 26.7. The molecule has 0 aliphatic carbocycles. The molecule has 1 heterocycles. The number of carbonyl (C=O) groups excluding carboxylic acids is 2. The smallest absolute Gasteiger partial charge is 0.407 e. The average Bonchev–Trinajstić information content (AvgIpc) is 3.18. The Hall–Kier alpha value is -3.86. The van der Waals surface area contributed by atoms with Gasteiger partial charge in [-0.3, -0.25) is 4.79 Å². The van der Waals surface area contributed by atoms with Crippen molar-refractivity contribution in [3.63, 3.8) is 0 Å². The number of nitrogens with zero attached hydrogens (tertiary/aromatic N) is 1. The van der Waals surface area contributed by atoms with Crippen LogP contribution in [0.3, 0.4) is 0 Å². The molecule has 3 rings (SSSR count). The second-order valence-electron chi connectivity index (χ2n) is 8.69. The lowest BCUT2D eigenvalue weighted by molar-refractivity contribution is 0.0525. The molecule has 4 N–H and O–H groups in total. The molecular formula is C25H29FN4O5S. The fourth-order valence-corrected chi connectivity index (χ4v) is 3.88. The number of nitrogen functional groups attached to an aromatic ring is 1. The van der Waals surface area contributed by atoms with E-state index in [2.05, 4.69) is 15.6 Å². The quantitative estimate of drug-likeness (QED) is 0.250. The molecule has 192 valence electrons. The van der Waals surface area contributed by atoms with Crippen LogP contribution >= 0.6 is 11.3 Å². The Balaban J connectivity index is 1.50. The number of methoxy groups -OCH3 is 1. The summed E-state index contributed by atoms with van der Waals surface area (Å²) in [5.74, 6) is -0.287. The maximum absolute atomic E-state index is 14.0. The molecule has 0 spiro atoms. The van der Waals surface area contributed by atoms with Crippen molar-refractivity contribution in [2.75, 3.05) is 31.3 Å². The van der Waals surface area contributed by atoms with Gasteiger partial charge in [0.15, 0.2) is 16.7 Å². The molecule has 0 atom stereocenters. The Bertz CT molecular complexity index is 1210. The monoisotopic (exact) mass is 516 g/mol. The first-order chi connectivity index (χ1) is 17.1. The van der Waals surface area contributed by atoms with Crippen LogP contribution in [0.4, 0.5) is 25.8 Å². The summed E-state index contributed by atoms with van der Waals surface area (Å²) in [7, 11) is 1.35. The molecule has 0 saturated carbocycles. The number of alkyl carbamates (subject to hydrolysis) is 1. The third-order valence-electron chi connectivity index (χ3n) is 4.64.